The summed E-state index contributed by atoms with van der Waals surface area (Å²) in [5.41, 5.74) is 2.53. The summed E-state index contributed by atoms with van der Waals surface area (Å²) >= 11 is 3.73. The van der Waals surface area contributed by atoms with Crippen LogP contribution in [0, 0.1) is 5.92 Å². The fraction of sp³-hybridized carbons (Fsp3) is 0.786. The molecule has 1 saturated carbocycles. The van der Waals surface area contributed by atoms with E-state index in [4.69, 9.17) is 0 Å². The molecule has 18 heavy (non-hydrogen) atoms. The quantitative estimate of drug-likeness (QED) is 0.768. The maximum absolute atomic E-state index is 4.67. The van der Waals surface area contributed by atoms with Crippen molar-refractivity contribution in [2.24, 2.45) is 5.92 Å². The van der Waals surface area contributed by atoms with Crippen molar-refractivity contribution >= 4 is 15.9 Å². The molecular weight excluding hydrogens is 290 g/mol. The number of rotatable bonds is 7. The summed E-state index contributed by atoms with van der Waals surface area (Å²) in [6.45, 7) is 10.9. The molecule has 3 nitrogen and oxygen atoms in total. The number of aromatic nitrogens is 2. The molecule has 102 valence electrons. The van der Waals surface area contributed by atoms with Gasteiger partial charge in [0.1, 0.15) is 0 Å². The number of aryl methyl sites for hydroxylation is 2. The lowest BCUT2D eigenvalue weighted by Gasteiger charge is -2.20. The van der Waals surface area contributed by atoms with Crippen LogP contribution in [0.3, 0.4) is 0 Å². The molecule has 1 aromatic heterocycles. The summed E-state index contributed by atoms with van der Waals surface area (Å²) in [7, 11) is 0. The Balaban J connectivity index is 2.12. The van der Waals surface area contributed by atoms with Gasteiger partial charge >= 0.3 is 0 Å². The third-order valence-electron chi connectivity index (χ3n) is 3.73. The van der Waals surface area contributed by atoms with Gasteiger partial charge in [-0.15, -0.1) is 0 Å². The van der Waals surface area contributed by atoms with Gasteiger partial charge in [-0.05, 0) is 54.6 Å². The first-order valence-electron chi connectivity index (χ1n) is 7.15. The van der Waals surface area contributed by atoms with E-state index in [-0.39, 0.29) is 0 Å². The summed E-state index contributed by atoms with van der Waals surface area (Å²) in [6, 6.07) is 0. The maximum atomic E-state index is 4.67. The van der Waals surface area contributed by atoms with Crippen LogP contribution in [0.2, 0.25) is 0 Å². The average Bonchev–Trinajstić information content (AvgIpc) is 3.14. The third-order valence-corrected chi connectivity index (χ3v) is 4.64. The van der Waals surface area contributed by atoms with Crippen molar-refractivity contribution in [2.75, 3.05) is 13.1 Å². The molecule has 1 heterocycles. The number of hydrogen-bond acceptors (Lipinski definition) is 2. The standard InChI is InChI=1S/C14H24BrN3/c1-4-12-14(15)13(18(6-3)16-12)10-17(5-2)9-11-7-8-11/h11H,4-10H2,1-3H3. The first kappa shape index (κ1) is 14.1. The summed E-state index contributed by atoms with van der Waals surface area (Å²) in [5, 5.41) is 4.67. The minimum atomic E-state index is 0.951. The Bertz CT molecular complexity index is 396. The molecule has 0 spiro atoms. The molecule has 1 aromatic rings. The molecule has 2 rings (SSSR count). The van der Waals surface area contributed by atoms with Crippen LogP contribution in [-0.4, -0.2) is 27.8 Å². The second-order valence-electron chi connectivity index (χ2n) is 5.15. The fourth-order valence-corrected chi connectivity index (χ4v) is 3.04. The Morgan fingerprint density at radius 3 is 2.56 bits per heavy atom. The molecular formula is C14H24BrN3. The van der Waals surface area contributed by atoms with Gasteiger partial charge < -0.3 is 0 Å². The van der Waals surface area contributed by atoms with Crippen molar-refractivity contribution in [3.8, 4) is 0 Å². The maximum Gasteiger partial charge on any atom is 0.0767 e. The van der Waals surface area contributed by atoms with E-state index < -0.39 is 0 Å². The van der Waals surface area contributed by atoms with Gasteiger partial charge in [0, 0.05) is 19.6 Å². The highest BCUT2D eigenvalue weighted by Crippen LogP contribution is 2.31. The van der Waals surface area contributed by atoms with E-state index in [1.54, 1.807) is 0 Å². The molecule has 0 amide bonds. The number of halogens is 1. The van der Waals surface area contributed by atoms with Crippen LogP contribution in [0.1, 0.15) is 45.0 Å². The zero-order valence-corrected chi connectivity index (χ0v) is 13.3. The molecule has 0 bridgehead atoms. The van der Waals surface area contributed by atoms with Gasteiger partial charge in [-0.3, -0.25) is 9.58 Å². The van der Waals surface area contributed by atoms with Crippen molar-refractivity contribution in [2.45, 2.75) is 53.1 Å². The normalized spacial score (nSPS) is 15.6. The summed E-state index contributed by atoms with van der Waals surface area (Å²) in [4.78, 5) is 2.55. The molecule has 4 heteroatoms. The Morgan fingerprint density at radius 1 is 1.33 bits per heavy atom. The van der Waals surface area contributed by atoms with E-state index in [0.29, 0.717) is 0 Å². The van der Waals surface area contributed by atoms with E-state index in [2.05, 4.69) is 51.4 Å². The lowest BCUT2D eigenvalue weighted by atomic mass is 10.2. The lowest BCUT2D eigenvalue weighted by Crippen LogP contribution is -2.26. The first-order valence-corrected chi connectivity index (χ1v) is 7.95. The van der Waals surface area contributed by atoms with Crippen molar-refractivity contribution in [1.29, 1.82) is 0 Å². The molecule has 0 saturated heterocycles. The fourth-order valence-electron chi connectivity index (χ4n) is 2.35. The van der Waals surface area contributed by atoms with Gasteiger partial charge in [-0.25, -0.2) is 0 Å². The highest BCUT2D eigenvalue weighted by atomic mass is 79.9. The van der Waals surface area contributed by atoms with E-state index in [1.165, 1.54) is 35.2 Å². The van der Waals surface area contributed by atoms with Gasteiger partial charge in [0.15, 0.2) is 0 Å². The van der Waals surface area contributed by atoms with Crippen molar-refractivity contribution in [1.82, 2.24) is 14.7 Å². The second kappa shape index (κ2) is 6.20. The molecule has 1 aliphatic rings. The molecule has 1 fully saturated rings. The van der Waals surface area contributed by atoms with Crippen LogP contribution in [0.15, 0.2) is 4.47 Å². The summed E-state index contributed by atoms with van der Waals surface area (Å²) in [5.74, 6) is 0.951. The van der Waals surface area contributed by atoms with Gasteiger partial charge in [0.2, 0.25) is 0 Å². The Labute approximate surface area is 119 Å². The molecule has 0 N–H and O–H groups in total. The SMILES string of the molecule is CCc1nn(CC)c(CN(CC)CC2CC2)c1Br. The van der Waals surface area contributed by atoms with Crippen LogP contribution in [0.4, 0.5) is 0 Å². The summed E-state index contributed by atoms with van der Waals surface area (Å²) < 4.78 is 3.37. The topological polar surface area (TPSA) is 21.1 Å². The van der Waals surface area contributed by atoms with Gasteiger partial charge in [-0.1, -0.05) is 13.8 Å². The average molecular weight is 314 g/mol. The molecule has 0 aromatic carbocycles. The van der Waals surface area contributed by atoms with Crippen LogP contribution in [-0.2, 0) is 19.5 Å². The first-order chi connectivity index (χ1) is 8.69. The molecule has 0 atom stereocenters. The van der Waals surface area contributed by atoms with E-state index >= 15 is 0 Å². The van der Waals surface area contributed by atoms with Gasteiger partial charge in [-0.2, -0.15) is 5.10 Å². The van der Waals surface area contributed by atoms with Crippen LogP contribution < -0.4 is 0 Å². The van der Waals surface area contributed by atoms with Crippen LogP contribution >= 0.6 is 15.9 Å². The van der Waals surface area contributed by atoms with Crippen LogP contribution in [0.5, 0.6) is 0 Å². The largest absolute Gasteiger partial charge is 0.297 e. The van der Waals surface area contributed by atoms with Crippen molar-refractivity contribution < 1.29 is 0 Å². The molecule has 0 unspecified atom stereocenters. The second-order valence-corrected chi connectivity index (χ2v) is 5.94. The smallest absolute Gasteiger partial charge is 0.0767 e. The van der Waals surface area contributed by atoms with E-state index in [9.17, 15) is 0 Å². The highest BCUT2D eigenvalue weighted by Gasteiger charge is 2.25. The minimum Gasteiger partial charge on any atom is -0.297 e. The molecule has 0 radical (unpaired) electrons. The summed E-state index contributed by atoms with van der Waals surface area (Å²) in [6.07, 6.45) is 3.84. The Hall–Kier alpha value is -0.350. The van der Waals surface area contributed by atoms with Gasteiger partial charge in [0.25, 0.3) is 0 Å². The van der Waals surface area contributed by atoms with Crippen molar-refractivity contribution in [3.05, 3.63) is 15.9 Å². The Kier molecular flexibility index (Phi) is 4.84. The predicted octanol–water partition coefficient (Wildman–Crippen LogP) is 3.46. The predicted molar refractivity (Wildman–Crippen MR) is 78.7 cm³/mol. The monoisotopic (exact) mass is 313 g/mol. The minimum absolute atomic E-state index is 0.951. The lowest BCUT2D eigenvalue weighted by molar-refractivity contribution is 0.259. The van der Waals surface area contributed by atoms with E-state index in [0.717, 1.165) is 32.0 Å². The third kappa shape index (κ3) is 3.15. The zero-order valence-electron chi connectivity index (χ0n) is 11.7. The van der Waals surface area contributed by atoms with Crippen LogP contribution in [0.25, 0.3) is 0 Å². The molecule has 0 aliphatic heterocycles. The van der Waals surface area contributed by atoms with E-state index in [1.807, 2.05) is 0 Å². The van der Waals surface area contributed by atoms with Gasteiger partial charge in [0.05, 0.1) is 15.9 Å². The zero-order chi connectivity index (χ0) is 13.1. The number of nitrogens with zero attached hydrogens (tertiary/aromatic N) is 3. The Morgan fingerprint density at radius 2 is 2.06 bits per heavy atom. The van der Waals surface area contributed by atoms with Crippen molar-refractivity contribution in [3.63, 3.8) is 0 Å². The molecule has 1 aliphatic carbocycles. The highest BCUT2D eigenvalue weighted by molar-refractivity contribution is 9.10. The number of hydrogen-bond donors (Lipinski definition) is 0.